The molecule has 0 aromatic carbocycles. The summed E-state index contributed by atoms with van der Waals surface area (Å²) in [5.74, 6) is 0. The molecule has 1 aliphatic rings. The van der Waals surface area contributed by atoms with Crippen molar-refractivity contribution in [1.82, 2.24) is 24.9 Å². The van der Waals surface area contributed by atoms with Gasteiger partial charge in [0.1, 0.15) is 4.90 Å². The van der Waals surface area contributed by atoms with Gasteiger partial charge in [-0.2, -0.15) is 5.10 Å². The lowest BCUT2D eigenvalue weighted by Crippen LogP contribution is -2.48. The second-order valence-corrected chi connectivity index (χ2v) is 6.62. The lowest BCUT2D eigenvalue weighted by atomic mass is 10.4. The van der Waals surface area contributed by atoms with Crippen LogP contribution >= 0.6 is 0 Å². The van der Waals surface area contributed by atoms with Crippen molar-refractivity contribution in [3.8, 4) is 0 Å². The fourth-order valence-electron chi connectivity index (χ4n) is 2.38. The average Bonchev–Trinajstić information content (AvgIpc) is 2.72. The Labute approximate surface area is 125 Å². The first-order valence-electron chi connectivity index (χ1n) is 6.99. The fraction of sp³-hybridized carbons (Fsp3) is 0.750. The Hall–Kier alpha value is -1.00. The van der Waals surface area contributed by atoms with Gasteiger partial charge in [0.05, 0.1) is 31.1 Å². The van der Waals surface area contributed by atoms with E-state index in [1.807, 2.05) is 7.05 Å². The lowest BCUT2D eigenvalue weighted by molar-refractivity contribution is 0.0272. The summed E-state index contributed by atoms with van der Waals surface area (Å²) in [5.41, 5.74) is 1.17. The first-order valence-corrected chi connectivity index (χ1v) is 8.48. The third-order valence-electron chi connectivity index (χ3n) is 3.42. The van der Waals surface area contributed by atoms with Crippen LogP contribution in [-0.2, 0) is 21.3 Å². The van der Waals surface area contributed by atoms with Gasteiger partial charge in [-0.1, -0.05) is 0 Å². The van der Waals surface area contributed by atoms with Crippen LogP contribution < -0.4 is 10.1 Å². The Morgan fingerprint density at radius 3 is 2.57 bits per heavy atom. The molecule has 1 fully saturated rings. The highest BCUT2D eigenvalue weighted by atomic mass is 32.2. The maximum atomic E-state index is 12.6. The van der Waals surface area contributed by atoms with Crippen LogP contribution in [-0.4, -0.2) is 63.1 Å². The van der Waals surface area contributed by atoms with Gasteiger partial charge in [0.25, 0.3) is 10.0 Å². The summed E-state index contributed by atoms with van der Waals surface area (Å²) >= 11 is 0. The Morgan fingerprint density at radius 1 is 1.29 bits per heavy atom. The number of nitrogens with one attached hydrogen (secondary N) is 2. The molecule has 0 atom stereocenters. The molecule has 2 N–H and O–H groups in total. The molecule has 0 radical (unpaired) electrons. The van der Waals surface area contributed by atoms with Crippen molar-refractivity contribution in [2.75, 3.05) is 39.9 Å². The van der Waals surface area contributed by atoms with Gasteiger partial charge >= 0.3 is 0 Å². The molecule has 0 saturated carbocycles. The minimum absolute atomic E-state index is 0.269. The number of likely N-dealkylation sites (N-methyl/N-ethyl adjacent to an activating group) is 1. The summed E-state index contributed by atoms with van der Waals surface area (Å²) in [6.45, 7) is 7.02. The number of nitrogens with zero attached hydrogens (tertiary/aromatic N) is 3. The molecule has 8 nitrogen and oxygen atoms in total. The van der Waals surface area contributed by atoms with Gasteiger partial charge in [-0.25, -0.2) is 13.4 Å². The molecular weight excluding hydrogens is 294 g/mol. The molecule has 2 rings (SSSR count). The van der Waals surface area contributed by atoms with Crippen LogP contribution in [0, 0.1) is 13.8 Å². The second-order valence-electron chi connectivity index (χ2n) is 5.02. The maximum absolute atomic E-state index is 12.6. The summed E-state index contributed by atoms with van der Waals surface area (Å²) in [4.78, 5) is 2.89. The van der Waals surface area contributed by atoms with E-state index in [1.54, 1.807) is 23.5 Å². The number of hydrogen-bond donors (Lipinski definition) is 2. The SMILES string of the molecule is CNCCn1nc(C)c(S(=O)(=O)NN2CCOCC2)c1C. The van der Waals surface area contributed by atoms with Crippen LogP contribution in [0.15, 0.2) is 4.90 Å². The molecule has 1 aliphatic heterocycles. The zero-order valence-corrected chi connectivity index (χ0v) is 13.5. The minimum Gasteiger partial charge on any atom is -0.379 e. The van der Waals surface area contributed by atoms with E-state index < -0.39 is 10.0 Å². The van der Waals surface area contributed by atoms with Crippen LogP contribution in [0.3, 0.4) is 0 Å². The van der Waals surface area contributed by atoms with E-state index >= 15 is 0 Å². The van der Waals surface area contributed by atoms with Crippen LogP contribution in [0.1, 0.15) is 11.4 Å². The van der Waals surface area contributed by atoms with E-state index in [0.29, 0.717) is 44.2 Å². The minimum atomic E-state index is -3.61. The molecule has 120 valence electrons. The van der Waals surface area contributed by atoms with E-state index in [1.165, 1.54) is 0 Å². The van der Waals surface area contributed by atoms with E-state index in [2.05, 4.69) is 15.2 Å². The summed E-state index contributed by atoms with van der Waals surface area (Å²) < 4.78 is 32.1. The number of aromatic nitrogens is 2. The van der Waals surface area contributed by atoms with Gasteiger partial charge in [-0.15, -0.1) is 4.83 Å². The number of hydrogen-bond acceptors (Lipinski definition) is 6. The monoisotopic (exact) mass is 317 g/mol. The van der Waals surface area contributed by atoms with Gasteiger partial charge in [0.15, 0.2) is 0 Å². The molecule has 0 aliphatic carbocycles. The molecule has 2 heterocycles. The van der Waals surface area contributed by atoms with Crippen LogP contribution in [0.5, 0.6) is 0 Å². The van der Waals surface area contributed by atoms with Crippen LogP contribution in [0.2, 0.25) is 0 Å². The number of rotatable bonds is 6. The Balaban J connectivity index is 2.20. The predicted molar refractivity (Wildman–Crippen MR) is 78.3 cm³/mol. The molecule has 0 unspecified atom stereocenters. The predicted octanol–water partition coefficient (Wildman–Crippen LogP) is -0.755. The summed E-state index contributed by atoms with van der Waals surface area (Å²) in [7, 11) is -1.76. The summed E-state index contributed by atoms with van der Waals surface area (Å²) in [5, 5.41) is 9.02. The molecule has 1 aromatic rings. The average molecular weight is 317 g/mol. The van der Waals surface area contributed by atoms with Crippen molar-refractivity contribution < 1.29 is 13.2 Å². The van der Waals surface area contributed by atoms with Crippen molar-refractivity contribution in [2.24, 2.45) is 0 Å². The van der Waals surface area contributed by atoms with E-state index in [9.17, 15) is 8.42 Å². The van der Waals surface area contributed by atoms with E-state index in [4.69, 9.17) is 4.74 Å². The molecular formula is C12H23N5O3S. The molecule has 1 saturated heterocycles. The third kappa shape index (κ3) is 3.80. The largest absolute Gasteiger partial charge is 0.379 e. The van der Waals surface area contributed by atoms with E-state index in [-0.39, 0.29) is 4.90 Å². The van der Waals surface area contributed by atoms with E-state index in [0.717, 1.165) is 6.54 Å². The van der Waals surface area contributed by atoms with Crippen molar-refractivity contribution in [3.63, 3.8) is 0 Å². The standard InChI is InChI=1S/C12H23N5O3S/c1-10-12(11(2)17(14-10)5-4-13-3)21(18,19)15-16-6-8-20-9-7-16/h13,15H,4-9H2,1-3H3. The second kappa shape index (κ2) is 6.84. The first kappa shape index (κ1) is 16.4. The number of hydrazine groups is 1. The van der Waals surface area contributed by atoms with Crippen LogP contribution in [0.25, 0.3) is 0 Å². The Morgan fingerprint density at radius 2 is 1.95 bits per heavy atom. The zero-order valence-electron chi connectivity index (χ0n) is 12.7. The molecule has 0 amide bonds. The molecule has 21 heavy (non-hydrogen) atoms. The maximum Gasteiger partial charge on any atom is 0.257 e. The first-order chi connectivity index (χ1) is 9.95. The Kier molecular flexibility index (Phi) is 5.33. The lowest BCUT2D eigenvalue weighted by Gasteiger charge is -2.26. The topological polar surface area (TPSA) is 88.5 Å². The van der Waals surface area contributed by atoms with Gasteiger partial charge in [-0.3, -0.25) is 4.68 Å². The summed E-state index contributed by atoms with van der Waals surface area (Å²) in [6, 6.07) is 0. The van der Waals surface area contributed by atoms with Crippen LogP contribution in [0.4, 0.5) is 0 Å². The van der Waals surface area contributed by atoms with Gasteiger partial charge in [0.2, 0.25) is 0 Å². The summed E-state index contributed by atoms with van der Waals surface area (Å²) in [6.07, 6.45) is 0. The number of aryl methyl sites for hydroxylation is 1. The highest BCUT2D eigenvalue weighted by molar-refractivity contribution is 7.89. The van der Waals surface area contributed by atoms with Gasteiger partial charge in [-0.05, 0) is 20.9 Å². The molecule has 9 heteroatoms. The molecule has 0 bridgehead atoms. The Bertz CT molecular complexity index is 578. The molecule has 0 spiro atoms. The third-order valence-corrected chi connectivity index (χ3v) is 5.04. The number of morpholine rings is 1. The highest BCUT2D eigenvalue weighted by Gasteiger charge is 2.27. The normalized spacial score (nSPS) is 17.3. The number of sulfonamides is 1. The van der Waals surface area contributed by atoms with Crippen molar-refractivity contribution in [1.29, 1.82) is 0 Å². The van der Waals surface area contributed by atoms with Gasteiger partial charge < -0.3 is 10.1 Å². The molecule has 1 aromatic heterocycles. The van der Waals surface area contributed by atoms with Crippen molar-refractivity contribution >= 4 is 10.0 Å². The van der Waals surface area contributed by atoms with Crippen molar-refractivity contribution in [2.45, 2.75) is 25.3 Å². The van der Waals surface area contributed by atoms with Gasteiger partial charge in [0, 0.05) is 19.6 Å². The quantitative estimate of drug-likeness (QED) is 0.717. The highest BCUT2D eigenvalue weighted by Crippen LogP contribution is 2.19. The fourth-order valence-corrected chi connectivity index (χ4v) is 3.91. The smallest absolute Gasteiger partial charge is 0.257 e. The zero-order chi connectivity index (χ0) is 15.5. The van der Waals surface area contributed by atoms with Crippen molar-refractivity contribution in [3.05, 3.63) is 11.4 Å². The number of ether oxygens (including phenoxy) is 1.